The van der Waals surface area contributed by atoms with Crippen LogP contribution in [0.4, 0.5) is 4.39 Å². The first-order valence-electron chi connectivity index (χ1n) is 5.60. The van der Waals surface area contributed by atoms with Crippen molar-refractivity contribution in [1.29, 1.82) is 0 Å². The highest BCUT2D eigenvalue weighted by Gasteiger charge is 2.11. The number of benzene rings is 1. The Morgan fingerprint density at radius 2 is 2.00 bits per heavy atom. The van der Waals surface area contributed by atoms with Gasteiger partial charge in [0.25, 0.3) is 0 Å². The number of thioether (sulfide) groups is 1. The van der Waals surface area contributed by atoms with Crippen LogP contribution < -0.4 is 0 Å². The Morgan fingerprint density at radius 1 is 1.21 bits per heavy atom. The average Bonchev–Trinajstić information content (AvgIpc) is 2.84. The van der Waals surface area contributed by atoms with Gasteiger partial charge in [0.05, 0.1) is 6.54 Å². The topological polar surface area (TPSA) is 56.5 Å². The molecule has 0 unspecified atom stereocenters. The molecule has 0 aliphatic carbocycles. The molecule has 1 aromatic carbocycles. The molecule has 3 aromatic rings. The molecule has 0 fully saturated rings. The molecule has 0 amide bonds. The molecule has 0 atom stereocenters. The van der Waals surface area contributed by atoms with E-state index in [-0.39, 0.29) is 5.82 Å². The molecular formula is C12H10FN5S. The van der Waals surface area contributed by atoms with Gasteiger partial charge in [0.15, 0.2) is 11.2 Å². The monoisotopic (exact) mass is 275 g/mol. The Bertz CT molecular complexity index is 710. The van der Waals surface area contributed by atoms with E-state index in [1.54, 1.807) is 16.8 Å². The lowest BCUT2D eigenvalue weighted by atomic mass is 10.2. The number of fused-ring (bicyclic) bond motifs is 1. The van der Waals surface area contributed by atoms with Crippen molar-refractivity contribution < 1.29 is 4.39 Å². The second-order valence-electron chi connectivity index (χ2n) is 3.93. The summed E-state index contributed by atoms with van der Waals surface area (Å²) in [6.45, 7) is 0.502. The van der Waals surface area contributed by atoms with E-state index in [9.17, 15) is 4.39 Å². The summed E-state index contributed by atoms with van der Waals surface area (Å²) in [5, 5.41) is 8.98. The molecule has 0 aliphatic rings. The summed E-state index contributed by atoms with van der Waals surface area (Å²) in [7, 11) is 0. The van der Waals surface area contributed by atoms with E-state index in [0.717, 1.165) is 10.6 Å². The minimum Gasteiger partial charge on any atom is -0.227 e. The zero-order valence-corrected chi connectivity index (χ0v) is 10.9. The Kier molecular flexibility index (Phi) is 3.12. The van der Waals surface area contributed by atoms with Gasteiger partial charge in [-0.2, -0.15) is 0 Å². The zero-order chi connectivity index (χ0) is 13.2. The zero-order valence-electron chi connectivity index (χ0n) is 10.1. The van der Waals surface area contributed by atoms with Gasteiger partial charge >= 0.3 is 0 Å². The summed E-state index contributed by atoms with van der Waals surface area (Å²) in [4.78, 5) is 8.35. The third kappa shape index (κ3) is 2.28. The van der Waals surface area contributed by atoms with Crippen molar-refractivity contribution >= 4 is 22.9 Å². The molecular weight excluding hydrogens is 265 g/mol. The first-order valence-corrected chi connectivity index (χ1v) is 6.83. The maximum Gasteiger partial charge on any atom is 0.183 e. The first-order chi connectivity index (χ1) is 9.28. The highest BCUT2D eigenvalue weighted by molar-refractivity contribution is 7.98. The second-order valence-corrected chi connectivity index (χ2v) is 4.72. The molecule has 0 radical (unpaired) electrons. The molecule has 2 heterocycles. The molecule has 3 rings (SSSR count). The van der Waals surface area contributed by atoms with Crippen molar-refractivity contribution in [2.24, 2.45) is 0 Å². The minimum absolute atomic E-state index is 0.251. The summed E-state index contributed by atoms with van der Waals surface area (Å²) in [5.74, 6) is -0.251. The van der Waals surface area contributed by atoms with E-state index in [1.807, 2.05) is 6.26 Å². The lowest BCUT2D eigenvalue weighted by molar-refractivity contribution is 0.623. The van der Waals surface area contributed by atoms with Gasteiger partial charge in [0, 0.05) is 0 Å². The van der Waals surface area contributed by atoms with Gasteiger partial charge in [-0.05, 0) is 24.0 Å². The third-order valence-electron chi connectivity index (χ3n) is 2.71. The van der Waals surface area contributed by atoms with Crippen LogP contribution in [0.15, 0.2) is 35.6 Å². The van der Waals surface area contributed by atoms with Crippen molar-refractivity contribution in [2.75, 3.05) is 6.26 Å². The van der Waals surface area contributed by atoms with Gasteiger partial charge in [-0.1, -0.05) is 17.3 Å². The van der Waals surface area contributed by atoms with Crippen molar-refractivity contribution in [3.63, 3.8) is 0 Å². The Labute approximate surface area is 112 Å². The number of hydrogen-bond donors (Lipinski definition) is 0. The molecule has 0 saturated heterocycles. The number of aromatic nitrogens is 5. The number of nitrogens with zero attached hydrogens (tertiary/aromatic N) is 5. The lowest BCUT2D eigenvalue weighted by Gasteiger charge is -2.02. The quantitative estimate of drug-likeness (QED) is 0.541. The van der Waals surface area contributed by atoms with Gasteiger partial charge < -0.3 is 0 Å². The molecule has 19 heavy (non-hydrogen) atoms. The first kappa shape index (κ1) is 12.0. The highest BCUT2D eigenvalue weighted by Crippen LogP contribution is 2.20. The Hall–Kier alpha value is -2.02. The van der Waals surface area contributed by atoms with Gasteiger partial charge in [0.2, 0.25) is 0 Å². The normalized spacial score (nSPS) is 11.1. The van der Waals surface area contributed by atoms with Crippen molar-refractivity contribution in [3.05, 3.63) is 42.0 Å². The summed E-state index contributed by atoms with van der Waals surface area (Å²) < 4.78 is 14.5. The van der Waals surface area contributed by atoms with Crippen LogP contribution in [0.25, 0.3) is 11.2 Å². The van der Waals surface area contributed by atoms with E-state index >= 15 is 0 Å². The van der Waals surface area contributed by atoms with E-state index < -0.39 is 0 Å². The number of hydrogen-bond acceptors (Lipinski definition) is 5. The van der Waals surface area contributed by atoms with Gasteiger partial charge in [-0.25, -0.2) is 19.0 Å². The van der Waals surface area contributed by atoms with Crippen molar-refractivity contribution in [1.82, 2.24) is 25.0 Å². The average molecular weight is 275 g/mol. The van der Waals surface area contributed by atoms with E-state index in [2.05, 4.69) is 20.3 Å². The number of rotatable bonds is 3. The fourth-order valence-electron chi connectivity index (χ4n) is 1.79. The fraction of sp³-hybridized carbons (Fsp3) is 0.167. The molecule has 0 saturated carbocycles. The Balaban J connectivity index is 1.99. The highest BCUT2D eigenvalue weighted by atomic mass is 32.2. The molecule has 0 N–H and O–H groups in total. The van der Waals surface area contributed by atoms with Crippen LogP contribution >= 0.6 is 11.8 Å². The molecule has 2 aromatic heterocycles. The van der Waals surface area contributed by atoms with Crippen LogP contribution in [0.5, 0.6) is 0 Å². The van der Waals surface area contributed by atoms with Crippen molar-refractivity contribution in [3.8, 4) is 0 Å². The lowest BCUT2D eigenvalue weighted by Crippen LogP contribution is -2.03. The Morgan fingerprint density at radius 3 is 2.74 bits per heavy atom. The molecule has 0 bridgehead atoms. The SMILES string of the molecule is CSc1ncnc2c1nnn2Cc1ccc(F)cc1. The van der Waals surface area contributed by atoms with Crippen LogP contribution in [0.3, 0.4) is 0 Å². The molecule has 96 valence electrons. The van der Waals surface area contributed by atoms with E-state index in [4.69, 9.17) is 0 Å². The van der Waals surface area contributed by atoms with Gasteiger partial charge in [-0.15, -0.1) is 16.9 Å². The predicted molar refractivity (Wildman–Crippen MR) is 70.4 cm³/mol. The second kappa shape index (κ2) is 4.93. The van der Waals surface area contributed by atoms with Crippen LogP contribution in [-0.4, -0.2) is 31.2 Å². The standard InChI is InChI=1S/C12H10FN5S/c1-19-12-10-11(14-7-15-12)18(17-16-10)6-8-2-4-9(13)5-3-8/h2-5,7H,6H2,1H3. The molecule has 0 aliphatic heterocycles. The van der Waals surface area contributed by atoms with Crippen molar-refractivity contribution in [2.45, 2.75) is 11.6 Å². The molecule has 0 spiro atoms. The minimum atomic E-state index is -0.251. The number of halogens is 1. The maximum absolute atomic E-state index is 12.9. The smallest absolute Gasteiger partial charge is 0.183 e. The molecule has 7 heteroatoms. The van der Waals surface area contributed by atoms with Crippen LogP contribution in [0.2, 0.25) is 0 Å². The van der Waals surface area contributed by atoms with Gasteiger partial charge in [0.1, 0.15) is 17.2 Å². The summed E-state index contributed by atoms with van der Waals surface area (Å²) >= 11 is 1.50. The summed E-state index contributed by atoms with van der Waals surface area (Å²) in [5.41, 5.74) is 2.32. The van der Waals surface area contributed by atoms with Crippen LogP contribution in [0, 0.1) is 5.82 Å². The van der Waals surface area contributed by atoms with Crippen LogP contribution in [-0.2, 0) is 6.54 Å². The predicted octanol–water partition coefficient (Wildman–Crippen LogP) is 2.13. The third-order valence-corrected chi connectivity index (χ3v) is 3.39. The largest absolute Gasteiger partial charge is 0.227 e. The van der Waals surface area contributed by atoms with E-state index in [0.29, 0.717) is 17.7 Å². The summed E-state index contributed by atoms with van der Waals surface area (Å²) in [6.07, 6.45) is 3.43. The summed E-state index contributed by atoms with van der Waals surface area (Å²) in [6, 6.07) is 6.30. The van der Waals surface area contributed by atoms with Crippen LogP contribution in [0.1, 0.15) is 5.56 Å². The maximum atomic E-state index is 12.9. The van der Waals surface area contributed by atoms with E-state index in [1.165, 1.54) is 30.2 Å². The van der Waals surface area contributed by atoms with Gasteiger partial charge in [-0.3, -0.25) is 0 Å². The fourth-order valence-corrected chi connectivity index (χ4v) is 2.27. The molecule has 5 nitrogen and oxygen atoms in total.